The summed E-state index contributed by atoms with van der Waals surface area (Å²) in [6, 6.07) is 0. The van der Waals surface area contributed by atoms with Gasteiger partial charge in [0.15, 0.2) is 0 Å². The second kappa shape index (κ2) is 25.9. The average Bonchev–Trinajstić information content (AvgIpc) is 2.85. The second-order valence-corrected chi connectivity index (χ2v) is 8.16. The van der Waals surface area contributed by atoms with E-state index in [9.17, 15) is 14.4 Å². The predicted octanol–water partition coefficient (Wildman–Crippen LogP) is 4.10. The quantitative estimate of drug-likeness (QED) is 0.233. The van der Waals surface area contributed by atoms with Crippen molar-refractivity contribution in [1.82, 2.24) is 0 Å². The molecule has 0 spiro atoms. The van der Waals surface area contributed by atoms with E-state index in [2.05, 4.69) is 34.5 Å². The molecular formula is C24H33MoN3O9. The Morgan fingerprint density at radius 3 is 0.649 bits per heavy atom. The summed E-state index contributed by atoms with van der Waals surface area (Å²) >= 11 is 0. The van der Waals surface area contributed by atoms with Crippen molar-refractivity contribution in [3.63, 3.8) is 0 Å². The van der Waals surface area contributed by atoms with Gasteiger partial charge in [0.1, 0.15) is 0 Å². The van der Waals surface area contributed by atoms with Gasteiger partial charge < -0.3 is 15.3 Å². The van der Waals surface area contributed by atoms with Crippen molar-refractivity contribution in [3.8, 4) is 0 Å². The van der Waals surface area contributed by atoms with E-state index in [0.29, 0.717) is 0 Å². The molecule has 0 saturated carbocycles. The van der Waals surface area contributed by atoms with Gasteiger partial charge in [-0.2, -0.15) is 0 Å². The Bertz CT molecular complexity index is 763. The molecular weight excluding hydrogens is 570 g/mol. The summed E-state index contributed by atoms with van der Waals surface area (Å²) < 4.78 is 22.5. The minimum absolute atomic E-state index is 0. The molecule has 0 aromatic carbocycles. The Labute approximate surface area is 233 Å². The maximum absolute atomic E-state index is 10.5. The summed E-state index contributed by atoms with van der Waals surface area (Å²) in [6.07, 6.45) is 0. The number of nitrogens with zero attached hydrogens (tertiary/aromatic N) is 3. The van der Waals surface area contributed by atoms with Crippen molar-refractivity contribution >= 4 is 17.9 Å². The molecule has 204 valence electrons. The zero-order chi connectivity index (χ0) is 31.1. The van der Waals surface area contributed by atoms with Crippen LogP contribution < -0.4 is 0 Å². The molecule has 0 aromatic heterocycles. The first-order valence-corrected chi connectivity index (χ1v) is 9.82. The molecule has 0 fully saturated rings. The molecule has 0 aromatic rings. The molecule has 0 amide bonds. The van der Waals surface area contributed by atoms with Crippen molar-refractivity contribution < 1.29 is 64.7 Å². The molecule has 0 heterocycles. The first kappa shape index (κ1) is 50.6. The van der Waals surface area contributed by atoms with Crippen LogP contribution in [-0.4, -0.2) is 49.8 Å². The minimum atomic E-state index is -1.25. The zero-order valence-electron chi connectivity index (χ0n) is 22.3. The standard InChI is InChI=1S/3C7H11NO2.3CO.Mo/c3*1-5(2)7(3,8-4)6(9)10;3*1-2;/h3*5H,1-3H3,(H,9,10);;;;. The molecule has 0 rings (SSSR count). The SMILES string of the molecule is [C-]#[N+]C(C)(C(=O)O)C(C)C.[C-]#[N+]C(C)(C(=O)O)C(C)C.[C-]#[N+]C(C)(C(=O)O)C(C)C.[C-]#[O+].[C-]#[O+].[C-]#[O+].[Mo]. The molecule has 3 atom stereocenters. The molecule has 3 N–H and O–H groups in total. The second-order valence-electron chi connectivity index (χ2n) is 8.16. The zero-order valence-corrected chi connectivity index (χ0v) is 24.3. The summed E-state index contributed by atoms with van der Waals surface area (Å²) in [6.45, 7) is 48.2. The summed E-state index contributed by atoms with van der Waals surface area (Å²) in [5.41, 5.74) is -3.75. The third-order valence-corrected chi connectivity index (χ3v) is 5.37. The van der Waals surface area contributed by atoms with Crippen molar-refractivity contribution in [1.29, 1.82) is 0 Å². The number of hydrogen-bond acceptors (Lipinski definition) is 3. The van der Waals surface area contributed by atoms with Crippen LogP contribution in [0.4, 0.5) is 0 Å². The van der Waals surface area contributed by atoms with E-state index in [1.165, 1.54) is 20.8 Å². The third kappa shape index (κ3) is 17.8. The van der Waals surface area contributed by atoms with Gasteiger partial charge in [0.05, 0.1) is 0 Å². The van der Waals surface area contributed by atoms with Crippen LogP contribution in [-0.2, 0) is 49.4 Å². The number of carboxylic acid groups (broad SMARTS) is 3. The van der Waals surface area contributed by atoms with Gasteiger partial charge in [0.2, 0.25) is 0 Å². The van der Waals surface area contributed by atoms with Gasteiger partial charge in [0.25, 0.3) is 0 Å². The first-order chi connectivity index (χ1) is 16.3. The molecule has 0 bridgehead atoms. The Morgan fingerprint density at radius 2 is 0.649 bits per heavy atom. The number of hydrogen-bond donors (Lipinski definition) is 3. The minimum Gasteiger partial charge on any atom is 0 e. The van der Waals surface area contributed by atoms with E-state index in [4.69, 9.17) is 49.0 Å². The van der Waals surface area contributed by atoms with E-state index < -0.39 is 34.5 Å². The van der Waals surface area contributed by atoms with Gasteiger partial charge in [-0.1, -0.05) is 41.5 Å². The van der Waals surface area contributed by atoms with Crippen molar-refractivity contribution in [3.05, 3.63) is 54.2 Å². The fraction of sp³-hybridized carbons (Fsp3) is 0.625. The van der Waals surface area contributed by atoms with Crippen LogP contribution in [0, 0.1) is 57.4 Å². The summed E-state index contributed by atoms with van der Waals surface area (Å²) in [4.78, 5) is 40.6. The normalized spacial score (nSPS) is 13.1. The maximum Gasteiger partial charge on any atom is 0 e. The largest absolute Gasteiger partial charge is 0 e. The van der Waals surface area contributed by atoms with Gasteiger partial charge in [-0.3, -0.25) is 14.5 Å². The van der Waals surface area contributed by atoms with Crippen LogP contribution in [0.2, 0.25) is 0 Å². The average molecular weight is 603 g/mol. The van der Waals surface area contributed by atoms with Crippen LogP contribution in [0.15, 0.2) is 0 Å². The van der Waals surface area contributed by atoms with Crippen LogP contribution >= 0.6 is 0 Å². The Balaban J connectivity index is -0.0000000651. The van der Waals surface area contributed by atoms with E-state index in [-0.39, 0.29) is 38.8 Å². The van der Waals surface area contributed by atoms with E-state index >= 15 is 0 Å². The topological polar surface area (TPSA) is 185 Å². The summed E-state index contributed by atoms with van der Waals surface area (Å²) in [5, 5.41) is 25.8. The molecule has 0 saturated heterocycles. The first-order valence-electron chi connectivity index (χ1n) is 9.82. The Morgan fingerprint density at radius 1 is 0.541 bits per heavy atom. The fourth-order valence-corrected chi connectivity index (χ4v) is 1.27. The van der Waals surface area contributed by atoms with Crippen LogP contribution in [0.5, 0.6) is 0 Å². The molecule has 3 unspecified atom stereocenters. The number of aliphatic carboxylic acids is 3. The van der Waals surface area contributed by atoms with Gasteiger partial charge in [-0.15, -0.1) is 0 Å². The molecule has 13 heteroatoms. The Kier molecular flexibility index (Phi) is 35.4. The monoisotopic (exact) mass is 605 g/mol. The van der Waals surface area contributed by atoms with Crippen LogP contribution in [0.1, 0.15) is 62.3 Å². The molecule has 0 aliphatic carbocycles. The molecule has 0 radical (unpaired) electrons. The molecule has 0 aliphatic heterocycles. The molecule has 37 heavy (non-hydrogen) atoms. The van der Waals surface area contributed by atoms with Gasteiger partial charge in [-0.05, 0) is 0 Å². The van der Waals surface area contributed by atoms with Crippen LogP contribution in [0.25, 0.3) is 14.5 Å². The van der Waals surface area contributed by atoms with E-state index in [1.807, 2.05) is 0 Å². The third-order valence-electron chi connectivity index (χ3n) is 5.37. The van der Waals surface area contributed by atoms with E-state index in [0.717, 1.165) is 0 Å². The molecule has 12 nitrogen and oxygen atoms in total. The van der Waals surface area contributed by atoms with Gasteiger partial charge >= 0.3 is 68.4 Å². The van der Waals surface area contributed by atoms with Gasteiger partial charge in [-0.25, -0.2) is 34.1 Å². The smallest absolute Gasteiger partial charge is 0 e. The molecule has 0 aliphatic rings. The number of carbonyl (C=O) groups is 3. The van der Waals surface area contributed by atoms with Crippen molar-refractivity contribution in [2.75, 3.05) is 0 Å². The summed E-state index contributed by atoms with van der Waals surface area (Å²) in [7, 11) is 0. The Hall–Kier alpha value is -3.21. The maximum atomic E-state index is 10.5. The fourth-order valence-electron chi connectivity index (χ4n) is 1.27. The summed E-state index contributed by atoms with van der Waals surface area (Å²) in [5.74, 6) is -3.58. The predicted molar refractivity (Wildman–Crippen MR) is 124 cm³/mol. The van der Waals surface area contributed by atoms with Crippen molar-refractivity contribution in [2.45, 2.75) is 78.9 Å². The van der Waals surface area contributed by atoms with Crippen LogP contribution in [0.3, 0.4) is 0 Å². The van der Waals surface area contributed by atoms with Crippen molar-refractivity contribution in [2.24, 2.45) is 17.8 Å². The van der Waals surface area contributed by atoms with Gasteiger partial charge in [0, 0.05) is 59.6 Å². The van der Waals surface area contributed by atoms with E-state index in [1.54, 1.807) is 41.5 Å². The number of rotatable bonds is 6. The number of carboxylic acids is 3.